The Morgan fingerprint density at radius 1 is 1.29 bits per heavy atom. The lowest BCUT2D eigenvalue weighted by Gasteiger charge is -2.04. The predicted molar refractivity (Wildman–Crippen MR) is 84.0 cm³/mol. The van der Waals surface area contributed by atoms with Crippen LogP contribution in [-0.2, 0) is 4.33 Å². The summed E-state index contributed by atoms with van der Waals surface area (Å²) in [6, 6.07) is 11.0. The van der Waals surface area contributed by atoms with Crippen molar-refractivity contribution in [2.45, 2.75) is 0 Å². The monoisotopic (exact) mass is 364 g/mol. The summed E-state index contributed by atoms with van der Waals surface area (Å²) in [6.45, 7) is 0. The highest BCUT2D eigenvalue weighted by Crippen LogP contribution is 2.26. The van der Waals surface area contributed by atoms with Gasteiger partial charge in [-0.05, 0) is 34.1 Å². The molecule has 3 aromatic rings. The highest BCUT2D eigenvalue weighted by atomic mass is 79.9. The number of rotatable bonds is 5. The molecule has 21 heavy (non-hydrogen) atoms. The molecule has 0 radical (unpaired) electrons. The van der Waals surface area contributed by atoms with Gasteiger partial charge < -0.3 is 4.89 Å². The third-order valence-corrected chi connectivity index (χ3v) is 3.72. The normalized spacial score (nSPS) is 10.7. The maximum Gasteiger partial charge on any atom is 0.170 e. The molecule has 0 atom stereocenters. The summed E-state index contributed by atoms with van der Waals surface area (Å²) >= 11 is 4.28. The van der Waals surface area contributed by atoms with E-state index >= 15 is 0 Å². The van der Waals surface area contributed by atoms with E-state index in [9.17, 15) is 4.79 Å². The Morgan fingerprint density at radius 3 is 2.86 bits per heavy atom. The molecule has 0 saturated heterocycles. The number of nitrogens with zero attached hydrogens (tertiary/aromatic N) is 2. The Kier molecular flexibility index (Phi) is 4.23. The van der Waals surface area contributed by atoms with Gasteiger partial charge in [-0.1, -0.05) is 22.5 Å². The SMILES string of the molecule is O=Cc1cn(SOOc2ccccc2)c2ncc(Br)cc12. The fourth-order valence-corrected chi connectivity index (χ4v) is 2.67. The van der Waals surface area contributed by atoms with Gasteiger partial charge in [-0.15, -0.1) is 0 Å². The van der Waals surface area contributed by atoms with Crippen LogP contribution in [0.4, 0.5) is 0 Å². The molecule has 0 aliphatic carbocycles. The van der Waals surface area contributed by atoms with Crippen LogP contribution < -0.4 is 4.89 Å². The highest BCUT2D eigenvalue weighted by Gasteiger charge is 2.11. The molecule has 0 spiro atoms. The van der Waals surface area contributed by atoms with Gasteiger partial charge in [0.05, 0.1) is 0 Å². The first-order valence-corrected chi connectivity index (χ1v) is 7.45. The lowest BCUT2D eigenvalue weighted by Crippen LogP contribution is -1.94. The number of para-hydroxylation sites is 1. The number of hydrogen-bond donors (Lipinski definition) is 0. The average Bonchev–Trinajstić information content (AvgIpc) is 2.85. The zero-order valence-electron chi connectivity index (χ0n) is 10.6. The summed E-state index contributed by atoms with van der Waals surface area (Å²) in [6.07, 6.45) is 4.09. The highest BCUT2D eigenvalue weighted by molar-refractivity contribution is 9.10. The van der Waals surface area contributed by atoms with E-state index in [1.165, 1.54) is 0 Å². The molecule has 2 heterocycles. The summed E-state index contributed by atoms with van der Waals surface area (Å²) in [7, 11) is 0. The van der Waals surface area contributed by atoms with Crippen molar-refractivity contribution in [3.63, 3.8) is 0 Å². The molecular weight excluding hydrogens is 356 g/mol. The fourth-order valence-electron chi connectivity index (χ4n) is 1.79. The number of benzene rings is 1. The number of carbonyl (C=O) groups is 1. The summed E-state index contributed by atoms with van der Waals surface area (Å²) in [4.78, 5) is 20.5. The van der Waals surface area contributed by atoms with E-state index in [4.69, 9.17) is 9.22 Å². The van der Waals surface area contributed by atoms with E-state index < -0.39 is 0 Å². The van der Waals surface area contributed by atoms with Gasteiger partial charge in [0.25, 0.3) is 0 Å². The van der Waals surface area contributed by atoms with Crippen molar-refractivity contribution in [2.24, 2.45) is 0 Å². The van der Waals surface area contributed by atoms with E-state index in [1.807, 2.05) is 24.3 Å². The van der Waals surface area contributed by atoms with Gasteiger partial charge in [0.15, 0.2) is 29.9 Å². The molecule has 0 saturated carbocycles. The summed E-state index contributed by atoms with van der Waals surface area (Å²) in [5.74, 6) is 0.591. The topological polar surface area (TPSA) is 53.4 Å². The first kappa shape index (κ1) is 14.1. The van der Waals surface area contributed by atoms with Crippen molar-refractivity contribution < 1.29 is 14.0 Å². The minimum absolute atomic E-state index is 0.537. The zero-order chi connectivity index (χ0) is 14.7. The number of pyridine rings is 1. The van der Waals surface area contributed by atoms with Gasteiger partial charge in [0.2, 0.25) is 0 Å². The van der Waals surface area contributed by atoms with Crippen LogP contribution in [0.15, 0.2) is 53.3 Å². The quantitative estimate of drug-likeness (QED) is 0.296. The lowest BCUT2D eigenvalue weighted by molar-refractivity contribution is -0.0785. The molecule has 0 N–H and O–H groups in total. The molecule has 0 bridgehead atoms. The predicted octanol–water partition coefficient (Wildman–Crippen LogP) is 4.03. The van der Waals surface area contributed by atoms with Crippen LogP contribution in [0.3, 0.4) is 0 Å². The van der Waals surface area contributed by atoms with Crippen molar-refractivity contribution in [1.29, 1.82) is 0 Å². The van der Waals surface area contributed by atoms with Crippen LogP contribution in [0.2, 0.25) is 0 Å². The van der Waals surface area contributed by atoms with Crippen LogP contribution in [0, 0.1) is 0 Å². The first-order valence-electron chi connectivity index (χ1n) is 5.96. The molecule has 0 aliphatic rings. The van der Waals surface area contributed by atoms with Gasteiger partial charge in [-0.3, -0.25) is 4.79 Å². The maximum absolute atomic E-state index is 11.1. The fraction of sp³-hybridized carbons (Fsp3) is 0. The molecule has 5 nitrogen and oxygen atoms in total. The second kappa shape index (κ2) is 6.30. The second-order valence-electron chi connectivity index (χ2n) is 4.09. The Labute approximate surface area is 133 Å². The van der Waals surface area contributed by atoms with Crippen LogP contribution in [-0.4, -0.2) is 15.2 Å². The van der Waals surface area contributed by atoms with Crippen molar-refractivity contribution >= 4 is 45.5 Å². The van der Waals surface area contributed by atoms with Gasteiger partial charge in [0.1, 0.15) is 0 Å². The van der Waals surface area contributed by atoms with Crippen molar-refractivity contribution in [2.75, 3.05) is 0 Å². The summed E-state index contributed by atoms with van der Waals surface area (Å²) in [5, 5.41) is 0.746. The van der Waals surface area contributed by atoms with E-state index in [-0.39, 0.29) is 0 Å². The van der Waals surface area contributed by atoms with Crippen LogP contribution in [0.25, 0.3) is 11.0 Å². The Balaban J connectivity index is 1.79. The Hall–Kier alpha value is -1.83. The number of aldehydes is 1. The van der Waals surface area contributed by atoms with Gasteiger partial charge in [-0.25, -0.2) is 8.96 Å². The number of fused-ring (bicyclic) bond motifs is 1. The van der Waals surface area contributed by atoms with E-state index in [2.05, 4.69) is 20.9 Å². The molecule has 7 heteroatoms. The zero-order valence-corrected chi connectivity index (χ0v) is 13.0. The van der Waals surface area contributed by atoms with Crippen LogP contribution in [0.1, 0.15) is 10.4 Å². The molecule has 0 fully saturated rings. The third-order valence-electron chi connectivity index (χ3n) is 2.72. The minimum atomic E-state index is 0.537. The van der Waals surface area contributed by atoms with Crippen molar-refractivity contribution in [1.82, 2.24) is 8.96 Å². The molecule has 0 aliphatic heterocycles. The average molecular weight is 365 g/mol. The minimum Gasteiger partial charge on any atom is -0.324 e. The number of carbonyl (C=O) groups excluding carboxylic acids is 1. The molecule has 106 valence electrons. The lowest BCUT2D eigenvalue weighted by atomic mass is 10.2. The molecule has 3 rings (SSSR count). The number of hydrogen-bond acceptors (Lipinski definition) is 5. The second-order valence-corrected chi connectivity index (χ2v) is 5.69. The Bertz CT molecular complexity index is 776. The number of halogens is 1. The van der Waals surface area contributed by atoms with E-state index in [0.717, 1.165) is 28.4 Å². The molecule has 0 amide bonds. The smallest absolute Gasteiger partial charge is 0.170 e. The van der Waals surface area contributed by atoms with Crippen LogP contribution in [0.5, 0.6) is 5.75 Å². The first-order chi connectivity index (χ1) is 10.3. The standard InChI is InChI=1S/C14H9BrN2O3S/c15-11-6-13-10(9-18)8-17(14(13)16-7-11)21-20-19-12-4-2-1-3-5-12/h1-9H. The summed E-state index contributed by atoms with van der Waals surface area (Å²) in [5.41, 5.74) is 1.16. The largest absolute Gasteiger partial charge is 0.324 e. The number of aromatic nitrogens is 2. The van der Waals surface area contributed by atoms with Gasteiger partial charge in [0, 0.05) is 27.8 Å². The maximum atomic E-state index is 11.1. The molecule has 0 unspecified atom stereocenters. The van der Waals surface area contributed by atoms with E-state index in [0.29, 0.717) is 17.0 Å². The molecule has 2 aromatic heterocycles. The van der Waals surface area contributed by atoms with Gasteiger partial charge in [-0.2, -0.15) is 0 Å². The Morgan fingerprint density at radius 2 is 2.10 bits per heavy atom. The van der Waals surface area contributed by atoms with E-state index in [1.54, 1.807) is 28.5 Å². The van der Waals surface area contributed by atoms with Gasteiger partial charge >= 0.3 is 0 Å². The molecular formula is C14H9BrN2O3S. The van der Waals surface area contributed by atoms with Crippen molar-refractivity contribution in [3.05, 3.63) is 58.8 Å². The van der Waals surface area contributed by atoms with Crippen LogP contribution >= 0.6 is 28.2 Å². The van der Waals surface area contributed by atoms with Crippen molar-refractivity contribution in [3.8, 4) is 5.75 Å². The molecule has 1 aromatic carbocycles. The summed E-state index contributed by atoms with van der Waals surface area (Å²) < 4.78 is 7.55. The third kappa shape index (κ3) is 3.10.